The van der Waals surface area contributed by atoms with Crippen molar-refractivity contribution in [3.63, 3.8) is 0 Å². The third kappa shape index (κ3) is 2.68. The van der Waals surface area contributed by atoms with Gasteiger partial charge in [0, 0.05) is 17.5 Å². The number of benzene rings is 2. The van der Waals surface area contributed by atoms with Crippen LogP contribution in [0.25, 0.3) is 0 Å². The van der Waals surface area contributed by atoms with Gasteiger partial charge in [-0.25, -0.2) is 8.42 Å². The zero-order valence-electron chi connectivity index (χ0n) is 12.7. The molecule has 6 heteroatoms. The van der Waals surface area contributed by atoms with E-state index in [1.807, 2.05) is 19.1 Å². The second kappa shape index (κ2) is 5.60. The first-order valence-electron chi connectivity index (χ1n) is 7.35. The Hall–Kier alpha value is -1.40. The molecule has 3 rings (SSSR count). The van der Waals surface area contributed by atoms with Crippen molar-refractivity contribution < 1.29 is 8.42 Å². The van der Waals surface area contributed by atoms with Gasteiger partial charge >= 0.3 is 0 Å². The molecule has 0 spiro atoms. The Morgan fingerprint density at radius 2 is 1.65 bits per heavy atom. The van der Waals surface area contributed by atoms with Gasteiger partial charge in [0.2, 0.25) is 0 Å². The maximum atomic E-state index is 13.0. The molecule has 0 heterocycles. The van der Waals surface area contributed by atoms with E-state index >= 15 is 0 Å². The van der Waals surface area contributed by atoms with Crippen LogP contribution in [0.3, 0.4) is 0 Å². The van der Waals surface area contributed by atoms with Crippen molar-refractivity contribution in [3.8, 4) is 0 Å². The zero-order valence-corrected chi connectivity index (χ0v) is 14.3. The summed E-state index contributed by atoms with van der Waals surface area (Å²) in [7, 11) is -3.55. The quantitative estimate of drug-likeness (QED) is 0.885. The second-order valence-electron chi connectivity index (χ2n) is 6.12. The Bertz CT molecular complexity index is 819. The molecule has 4 nitrogen and oxygen atoms in total. The SMILES string of the molecule is Cc1ccc(S(=O)(=O)[C@H]2[C@H](c3ccc(Cl)cc3)[C@@]2(N)CN)cc1. The van der Waals surface area contributed by atoms with E-state index in [1.54, 1.807) is 36.4 Å². The summed E-state index contributed by atoms with van der Waals surface area (Å²) in [5.41, 5.74) is 13.0. The van der Waals surface area contributed by atoms with E-state index in [-0.39, 0.29) is 17.4 Å². The Kier molecular flexibility index (Phi) is 4.01. The number of hydrogen-bond donors (Lipinski definition) is 2. The Morgan fingerprint density at radius 1 is 1.09 bits per heavy atom. The number of rotatable bonds is 4. The van der Waals surface area contributed by atoms with Gasteiger partial charge < -0.3 is 11.5 Å². The molecule has 0 bridgehead atoms. The Labute approximate surface area is 141 Å². The molecule has 0 amide bonds. The van der Waals surface area contributed by atoms with Crippen molar-refractivity contribution in [1.29, 1.82) is 0 Å². The van der Waals surface area contributed by atoms with Crippen molar-refractivity contribution in [3.05, 3.63) is 64.7 Å². The molecule has 1 saturated carbocycles. The van der Waals surface area contributed by atoms with E-state index in [0.29, 0.717) is 5.02 Å². The van der Waals surface area contributed by atoms with Gasteiger partial charge in [0.1, 0.15) is 0 Å². The first-order chi connectivity index (χ1) is 10.8. The van der Waals surface area contributed by atoms with Crippen molar-refractivity contribution in [2.75, 3.05) is 6.54 Å². The lowest BCUT2D eigenvalue weighted by Crippen LogP contribution is -2.39. The van der Waals surface area contributed by atoms with Gasteiger partial charge in [-0.1, -0.05) is 41.4 Å². The molecule has 1 aliphatic carbocycles. The molecule has 2 aromatic carbocycles. The van der Waals surface area contributed by atoms with Crippen LogP contribution in [0.15, 0.2) is 53.4 Å². The van der Waals surface area contributed by atoms with Gasteiger partial charge in [0.05, 0.1) is 15.7 Å². The molecule has 1 fully saturated rings. The molecule has 4 N–H and O–H groups in total. The third-order valence-corrected chi connectivity index (χ3v) is 7.13. The average Bonchev–Trinajstić information content (AvgIpc) is 3.16. The minimum Gasteiger partial charge on any atom is -0.329 e. The van der Waals surface area contributed by atoms with Gasteiger partial charge in [-0.05, 0) is 36.8 Å². The summed E-state index contributed by atoms with van der Waals surface area (Å²) in [5.74, 6) is -0.323. The molecule has 2 aromatic rings. The van der Waals surface area contributed by atoms with Gasteiger partial charge in [-0.2, -0.15) is 0 Å². The van der Waals surface area contributed by atoms with Gasteiger partial charge in [-0.15, -0.1) is 0 Å². The molecule has 23 heavy (non-hydrogen) atoms. The highest BCUT2D eigenvalue weighted by molar-refractivity contribution is 7.92. The van der Waals surface area contributed by atoms with E-state index in [9.17, 15) is 8.42 Å². The predicted molar refractivity (Wildman–Crippen MR) is 92.3 cm³/mol. The zero-order chi connectivity index (χ0) is 16.8. The fraction of sp³-hybridized carbons (Fsp3) is 0.294. The standard InChI is InChI=1S/C17H19ClN2O2S/c1-11-2-8-14(9-3-11)23(21,22)16-15(17(16,20)10-19)12-4-6-13(18)7-5-12/h2-9,15-16H,10,19-20H2,1H3/t15-,16-,17-/m0/s1. The average molecular weight is 351 g/mol. The number of sulfone groups is 1. The minimum atomic E-state index is -3.55. The fourth-order valence-corrected chi connectivity index (χ4v) is 5.61. The molecule has 122 valence electrons. The van der Waals surface area contributed by atoms with Crippen molar-refractivity contribution in [2.24, 2.45) is 11.5 Å². The predicted octanol–water partition coefficient (Wildman–Crippen LogP) is 2.24. The molecule has 3 atom stereocenters. The van der Waals surface area contributed by atoms with Gasteiger partial charge in [0.15, 0.2) is 9.84 Å². The summed E-state index contributed by atoms with van der Waals surface area (Å²) in [4.78, 5) is 0.285. The second-order valence-corrected chi connectivity index (χ2v) is 8.63. The van der Waals surface area contributed by atoms with Gasteiger partial charge in [-0.3, -0.25) is 0 Å². The molecule has 0 radical (unpaired) electrons. The van der Waals surface area contributed by atoms with E-state index < -0.39 is 20.6 Å². The first-order valence-corrected chi connectivity index (χ1v) is 9.28. The largest absolute Gasteiger partial charge is 0.329 e. The minimum absolute atomic E-state index is 0.107. The lowest BCUT2D eigenvalue weighted by Gasteiger charge is -2.09. The van der Waals surface area contributed by atoms with Gasteiger partial charge in [0.25, 0.3) is 0 Å². The topological polar surface area (TPSA) is 86.2 Å². The Morgan fingerprint density at radius 3 is 2.17 bits per heavy atom. The maximum Gasteiger partial charge on any atom is 0.183 e. The van der Waals surface area contributed by atoms with Crippen LogP contribution in [0.5, 0.6) is 0 Å². The van der Waals surface area contributed by atoms with E-state index in [1.165, 1.54) is 0 Å². The number of nitrogens with two attached hydrogens (primary N) is 2. The highest BCUT2D eigenvalue weighted by atomic mass is 35.5. The van der Waals surface area contributed by atoms with E-state index in [0.717, 1.165) is 11.1 Å². The van der Waals surface area contributed by atoms with Crippen LogP contribution in [-0.4, -0.2) is 25.8 Å². The van der Waals surface area contributed by atoms with Crippen LogP contribution in [0, 0.1) is 6.92 Å². The van der Waals surface area contributed by atoms with E-state index in [2.05, 4.69) is 0 Å². The maximum absolute atomic E-state index is 13.0. The van der Waals surface area contributed by atoms with Crippen molar-refractivity contribution in [1.82, 2.24) is 0 Å². The first kappa shape index (κ1) is 16.5. The third-order valence-electron chi connectivity index (χ3n) is 4.57. The van der Waals surface area contributed by atoms with Crippen LogP contribution in [0.2, 0.25) is 5.02 Å². The normalized spacial score (nSPS) is 27.0. The summed E-state index contributed by atoms with van der Waals surface area (Å²) >= 11 is 5.90. The molecule has 0 aliphatic heterocycles. The van der Waals surface area contributed by atoms with E-state index in [4.69, 9.17) is 23.1 Å². The molecule has 0 aromatic heterocycles. The van der Waals surface area contributed by atoms with Crippen LogP contribution in [-0.2, 0) is 9.84 Å². The van der Waals surface area contributed by atoms with Crippen LogP contribution in [0.1, 0.15) is 17.0 Å². The number of halogens is 1. The lowest BCUT2D eigenvalue weighted by atomic mass is 10.1. The number of hydrogen-bond acceptors (Lipinski definition) is 4. The molecule has 1 aliphatic rings. The molecular formula is C17H19ClN2O2S. The van der Waals surface area contributed by atoms with Crippen LogP contribution >= 0.6 is 11.6 Å². The lowest BCUT2D eigenvalue weighted by molar-refractivity contribution is 0.586. The smallest absolute Gasteiger partial charge is 0.183 e. The van der Waals surface area contributed by atoms with Crippen LogP contribution < -0.4 is 11.5 Å². The number of aryl methyl sites for hydroxylation is 1. The summed E-state index contributed by atoms with van der Waals surface area (Å²) in [5, 5.41) is -0.119. The highest BCUT2D eigenvalue weighted by Crippen LogP contribution is 2.55. The highest BCUT2D eigenvalue weighted by Gasteiger charge is 2.68. The molecule has 0 unspecified atom stereocenters. The van der Waals surface area contributed by atoms with Crippen molar-refractivity contribution in [2.45, 2.75) is 28.5 Å². The fourth-order valence-electron chi connectivity index (χ4n) is 3.16. The van der Waals surface area contributed by atoms with Crippen LogP contribution in [0.4, 0.5) is 0 Å². The summed E-state index contributed by atoms with van der Waals surface area (Å²) in [6.45, 7) is 2.02. The molecule has 0 saturated heterocycles. The monoisotopic (exact) mass is 350 g/mol. The van der Waals surface area contributed by atoms with Crippen molar-refractivity contribution >= 4 is 21.4 Å². The Balaban J connectivity index is 2.01. The summed E-state index contributed by atoms with van der Waals surface area (Å²) in [6, 6.07) is 13.9. The summed E-state index contributed by atoms with van der Waals surface area (Å²) in [6.07, 6.45) is 0. The molecular weight excluding hydrogens is 332 g/mol. The summed E-state index contributed by atoms with van der Waals surface area (Å²) < 4.78 is 25.9.